The van der Waals surface area contributed by atoms with Crippen LogP contribution in [0.15, 0.2) is 17.0 Å². The topological polar surface area (TPSA) is 49.4 Å². The summed E-state index contributed by atoms with van der Waals surface area (Å²) in [4.78, 5) is -0.366. The van der Waals surface area contributed by atoms with Crippen LogP contribution >= 0.6 is 11.6 Å². The van der Waals surface area contributed by atoms with E-state index < -0.39 is 15.8 Å². The van der Waals surface area contributed by atoms with Gasteiger partial charge in [0.05, 0.1) is 0 Å². The number of hydrogen-bond acceptors (Lipinski definition) is 3. The monoisotopic (exact) mass is 336 g/mol. The van der Waals surface area contributed by atoms with Crippen molar-refractivity contribution in [2.45, 2.75) is 44.2 Å². The SMILES string of the molecule is CCC(CC)N(C)S(=O)(=O)c1cc(Cl)cc(CNC)c1F. The number of nitrogens with one attached hydrogen (secondary N) is 1. The van der Waals surface area contributed by atoms with Crippen LogP contribution in [0.3, 0.4) is 0 Å². The summed E-state index contributed by atoms with van der Waals surface area (Å²) in [6, 6.07) is 2.44. The zero-order valence-corrected chi connectivity index (χ0v) is 14.4. The van der Waals surface area contributed by atoms with Crippen molar-refractivity contribution < 1.29 is 12.8 Å². The summed E-state index contributed by atoms with van der Waals surface area (Å²) in [5, 5.41) is 3.00. The molecule has 0 saturated heterocycles. The van der Waals surface area contributed by atoms with Crippen molar-refractivity contribution in [3.8, 4) is 0 Å². The van der Waals surface area contributed by atoms with Crippen molar-refractivity contribution in [1.29, 1.82) is 0 Å². The molecule has 0 unspecified atom stereocenters. The van der Waals surface area contributed by atoms with Crippen LogP contribution in [-0.2, 0) is 16.6 Å². The Bertz CT molecular complexity index is 589. The summed E-state index contributed by atoms with van der Waals surface area (Å²) in [7, 11) is -0.775. The Morgan fingerprint density at radius 1 is 1.33 bits per heavy atom. The van der Waals surface area contributed by atoms with Gasteiger partial charge in [0.2, 0.25) is 10.0 Å². The first-order chi connectivity index (χ1) is 9.79. The van der Waals surface area contributed by atoms with Crippen LogP contribution in [0.5, 0.6) is 0 Å². The molecule has 7 heteroatoms. The fraction of sp³-hybridized carbons (Fsp3) is 0.571. The van der Waals surface area contributed by atoms with E-state index in [9.17, 15) is 12.8 Å². The molecule has 0 saturated carbocycles. The Hall–Kier alpha value is -0.690. The second-order valence-electron chi connectivity index (χ2n) is 4.90. The van der Waals surface area contributed by atoms with Gasteiger partial charge < -0.3 is 5.32 Å². The third-order valence-electron chi connectivity index (χ3n) is 3.56. The van der Waals surface area contributed by atoms with Gasteiger partial charge in [-0.15, -0.1) is 0 Å². The molecule has 1 aromatic rings. The van der Waals surface area contributed by atoms with Crippen molar-refractivity contribution in [2.75, 3.05) is 14.1 Å². The molecule has 0 aliphatic heterocycles. The molecule has 4 nitrogen and oxygen atoms in total. The first-order valence-corrected chi connectivity index (χ1v) is 8.71. The molecule has 0 amide bonds. The van der Waals surface area contributed by atoms with Crippen molar-refractivity contribution in [2.24, 2.45) is 0 Å². The van der Waals surface area contributed by atoms with E-state index in [0.29, 0.717) is 12.8 Å². The number of rotatable bonds is 7. The summed E-state index contributed by atoms with van der Waals surface area (Å²) in [6.07, 6.45) is 1.33. The van der Waals surface area contributed by atoms with Crippen LogP contribution < -0.4 is 5.32 Å². The Morgan fingerprint density at radius 3 is 2.38 bits per heavy atom. The molecule has 0 aliphatic carbocycles. The molecule has 1 N–H and O–H groups in total. The largest absolute Gasteiger partial charge is 0.316 e. The average Bonchev–Trinajstić information content (AvgIpc) is 2.43. The van der Waals surface area contributed by atoms with Gasteiger partial charge in [-0.25, -0.2) is 12.8 Å². The lowest BCUT2D eigenvalue weighted by molar-refractivity contribution is 0.348. The normalized spacial score (nSPS) is 12.4. The van der Waals surface area contributed by atoms with Gasteiger partial charge >= 0.3 is 0 Å². The van der Waals surface area contributed by atoms with Gasteiger partial charge in [0.15, 0.2) is 0 Å². The smallest absolute Gasteiger partial charge is 0.246 e. The summed E-state index contributed by atoms with van der Waals surface area (Å²) in [5.74, 6) is -0.744. The maximum absolute atomic E-state index is 14.5. The Kier molecular flexibility index (Phi) is 6.59. The van der Waals surface area contributed by atoms with Crippen LogP contribution in [0, 0.1) is 5.82 Å². The zero-order valence-electron chi connectivity index (χ0n) is 12.8. The van der Waals surface area contributed by atoms with E-state index in [0.717, 1.165) is 0 Å². The van der Waals surface area contributed by atoms with Crippen LogP contribution in [-0.4, -0.2) is 32.9 Å². The van der Waals surface area contributed by atoms with E-state index in [1.807, 2.05) is 13.8 Å². The fourth-order valence-corrected chi connectivity index (χ4v) is 4.22. The molecule has 1 aromatic carbocycles. The summed E-state index contributed by atoms with van der Waals surface area (Å²) in [6.45, 7) is 4.02. The molecule has 0 bridgehead atoms. The van der Waals surface area contributed by atoms with E-state index in [1.54, 1.807) is 7.05 Å². The number of sulfonamides is 1. The Balaban J connectivity index is 3.37. The number of nitrogens with zero attached hydrogens (tertiary/aromatic N) is 1. The Labute approximate surface area is 131 Å². The predicted molar refractivity (Wildman–Crippen MR) is 83.5 cm³/mol. The minimum Gasteiger partial charge on any atom is -0.316 e. The molecule has 0 fully saturated rings. The first kappa shape index (κ1) is 18.4. The van der Waals surface area contributed by atoms with Gasteiger partial charge in [-0.2, -0.15) is 4.31 Å². The first-order valence-electron chi connectivity index (χ1n) is 6.90. The summed E-state index contributed by atoms with van der Waals surface area (Å²) >= 11 is 5.94. The van der Waals surface area contributed by atoms with E-state index in [1.165, 1.54) is 23.5 Å². The van der Waals surface area contributed by atoms with Gasteiger partial charge in [-0.3, -0.25) is 0 Å². The van der Waals surface area contributed by atoms with Gasteiger partial charge in [-0.05, 0) is 32.0 Å². The second-order valence-corrected chi connectivity index (χ2v) is 7.30. The molecule has 0 atom stereocenters. The summed E-state index contributed by atoms with van der Waals surface area (Å²) < 4.78 is 40.9. The van der Waals surface area contributed by atoms with E-state index in [2.05, 4.69) is 5.32 Å². The molecule has 1 rings (SSSR count). The quantitative estimate of drug-likeness (QED) is 0.832. The van der Waals surface area contributed by atoms with Gasteiger partial charge in [0, 0.05) is 30.2 Å². The lowest BCUT2D eigenvalue weighted by Crippen LogP contribution is -2.36. The number of halogens is 2. The van der Waals surface area contributed by atoms with Crippen LogP contribution in [0.25, 0.3) is 0 Å². The molecular formula is C14H22ClFN2O2S. The van der Waals surface area contributed by atoms with Gasteiger partial charge in [-0.1, -0.05) is 25.4 Å². The van der Waals surface area contributed by atoms with Crippen LogP contribution in [0.1, 0.15) is 32.3 Å². The maximum Gasteiger partial charge on any atom is 0.246 e. The standard InChI is InChI=1S/C14H22ClFN2O2S/c1-5-12(6-2)18(4)21(19,20)13-8-11(15)7-10(9-17-3)14(13)16/h7-8,12,17H,5-6,9H2,1-4H3. The molecule has 0 aromatic heterocycles. The lowest BCUT2D eigenvalue weighted by atomic mass is 10.2. The molecule has 0 spiro atoms. The highest BCUT2D eigenvalue weighted by Gasteiger charge is 2.30. The molecular weight excluding hydrogens is 315 g/mol. The van der Waals surface area contributed by atoms with Crippen molar-refractivity contribution in [3.05, 3.63) is 28.5 Å². The minimum absolute atomic E-state index is 0.166. The van der Waals surface area contributed by atoms with Crippen molar-refractivity contribution in [3.63, 3.8) is 0 Å². The third-order valence-corrected chi connectivity index (χ3v) is 5.69. The summed E-state index contributed by atoms with van der Waals surface area (Å²) in [5.41, 5.74) is 0.238. The number of benzene rings is 1. The van der Waals surface area contributed by atoms with E-state index in [4.69, 9.17) is 11.6 Å². The van der Waals surface area contributed by atoms with Crippen LogP contribution in [0.4, 0.5) is 4.39 Å². The highest BCUT2D eigenvalue weighted by molar-refractivity contribution is 7.89. The third kappa shape index (κ3) is 3.94. The minimum atomic E-state index is -3.91. The molecule has 0 radical (unpaired) electrons. The van der Waals surface area contributed by atoms with Gasteiger partial charge in [0.25, 0.3) is 0 Å². The average molecular weight is 337 g/mol. The highest BCUT2D eigenvalue weighted by Crippen LogP contribution is 2.27. The fourth-order valence-electron chi connectivity index (χ4n) is 2.28. The Morgan fingerprint density at radius 2 is 1.90 bits per heavy atom. The molecule has 120 valence electrons. The highest BCUT2D eigenvalue weighted by atomic mass is 35.5. The van der Waals surface area contributed by atoms with E-state index >= 15 is 0 Å². The second kappa shape index (κ2) is 7.54. The van der Waals surface area contributed by atoms with Crippen molar-refractivity contribution >= 4 is 21.6 Å². The predicted octanol–water partition coefficient (Wildman–Crippen LogP) is 3.01. The zero-order chi connectivity index (χ0) is 16.2. The maximum atomic E-state index is 14.5. The lowest BCUT2D eigenvalue weighted by Gasteiger charge is -2.26. The number of hydrogen-bond donors (Lipinski definition) is 1. The molecule has 21 heavy (non-hydrogen) atoms. The van der Waals surface area contributed by atoms with Crippen molar-refractivity contribution in [1.82, 2.24) is 9.62 Å². The molecule has 0 heterocycles. The van der Waals surface area contributed by atoms with E-state index in [-0.39, 0.29) is 28.1 Å². The van der Waals surface area contributed by atoms with Gasteiger partial charge in [0.1, 0.15) is 10.7 Å². The molecule has 0 aliphatic rings. The van der Waals surface area contributed by atoms with Crippen LogP contribution in [0.2, 0.25) is 5.02 Å².